The van der Waals surface area contributed by atoms with Crippen LogP contribution in [-0.4, -0.2) is 14.9 Å². The van der Waals surface area contributed by atoms with Crippen molar-refractivity contribution in [2.24, 2.45) is 0 Å². The summed E-state index contributed by atoms with van der Waals surface area (Å²) < 4.78 is 35.7. The largest absolute Gasteiger partial charge is 0.477 e. The molecule has 8 heteroatoms. The van der Waals surface area contributed by atoms with Gasteiger partial charge in [0.2, 0.25) is 0 Å². The van der Waals surface area contributed by atoms with E-state index in [-0.39, 0.29) is 0 Å². The van der Waals surface area contributed by atoms with Crippen LogP contribution < -0.4 is 0 Å². The van der Waals surface area contributed by atoms with Crippen molar-refractivity contribution in [3.63, 3.8) is 0 Å². The first-order valence-electron chi connectivity index (χ1n) is 2.96. The van der Waals surface area contributed by atoms with Gasteiger partial charge in [0, 0.05) is 6.20 Å². The minimum absolute atomic E-state index is 0.688. The summed E-state index contributed by atoms with van der Waals surface area (Å²) in [4.78, 5) is 14.6. The molecule has 0 aliphatic heterocycles. The third kappa shape index (κ3) is 2.10. The average molecular weight is 193 g/mol. The van der Waals surface area contributed by atoms with Crippen molar-refractivity contribution in [2.45, 2.75) is 6.18 Å². The van der Waals surface area contributed by atoms with E-state index < -0.39 is 22.7 Å². The molecule has 0 spiro atoms. The summed E-state index contributed by atoms with van der Waals surface area (Å²) in [6.07, 6.45) is -4.07. The Bertz CT molecular complexity index is 338. The van der Waals surface area contributed by atoms with Gasteiger partial charge in [-0.15, -0.1) is 0 Å². The summed E-state index contributed by atoms with van der Waals surface area (Å²) in [5, 5.41) is 10.0. The lowest BCUT2D eigenvalue weighted by molar-refractivity contribution is -0.390. The Balaban J connectivity index is 3.13. The summed E-state index contributed by atoms with van der Waals surface area (Å²) in [7, 11) is 0. The molecule has 0 N–H and O–H groups in total. The summed E-state index contributed by atoms with van der Waals surface area (Å²) in [5.74, 6) is -2.39. The van der Waals surface area contributed by atoms with Gasteiger partial charge in [-0.25, -0.2) is 4.98 Å². The molecule has 0 bridgehead atoms. The Labute approximate surface area is 69.4 Å². The topological polar surface area (TPSA) is 68.9 Å². The third-order valence-corrected chi connectivity index (χ3v) is 1.08. The van der Waals surface area contributed by atoms with Gasteiger partial charge < -0.3 is 10.1 Å². The van der Waals surface area contributed by atoms with E-state index in [1.54, 1.807) is 0 Å². The van der Waals surface area contributed by atoms with E-state index in [1.165, 1.54) is 0 Å². The zero-order valence-electron chi connectivity index (χ0n) is 5.95. The number of hydrogen-bond donors (Lipinski definition) is 0. The Morgan fingerprint density at radius 1 is 1.46 bits per heavy atom. The first-order valence-corrected chi connectivity index (χ1v) is 2.96. The van der Waals surface area contributed by atoms with Gasteiger partial charge in [-0.1, -0.05) is 0 Å². The highest BCUT2D eigenvalue weighted by Gasteiger charge is 2.39. The lowest BCUT2D eigenvalue weighted by Gasteiger charge is -1.98. The third-order valence-electron chi connectivity index (χ3n) is 1.08. The SMILES string of the molecule is O=[N+]([O-])c1ccnc(C(F)(F)F)n1. The molecule has 0 atom stereocenters. The maximum Gasteiger partial charge on any atom is 0.477 e. The van der Waals surface area contributed by atoms with Crippen molar-refractivity contribution in [3.05, 3.63) is 28.2 Å². The molecule has 13 heavy (non-hydrogen) atoms. The van der Waals surface area contributed by atoms with Gasteiger partial charge in [-0.3, -0.25) is 0 Å². The molecule has 0 aliphatic rings. The van der Waals surface area contributed by atoms with Gasteiger partial charge in [0.05, 0.1) is 6.07 Å². The van der Waals surface area contributed by atoms with Gasteiger partial charge >= 0.3 is 17.8 Å². The molecule has 1 heterocycles. The van der Waals surface area contributed by atoms with E-state index >= 15 is 0 Å². The van der Waals surface area contributed by atoms with Crippen LogP contribution in [0.2, 0.25) is 0 Å². The first kappa shape index (κ1) is 9.36. The number of aromatic nitrogens is 2. The van der Waals surface area contributed by atoms with Crippen LogP contribution in [0.3, 0.4) is 0 Å². The zero-order chi connectivity index (χ0) is 10.1. The van der Waals surface area contributed by atoms with Crippen molar-refractivity contribution in [2.75, 3.05) is 0 Å². The number of alkyl halides is 3. The van der Waals surface area contributed by atoms with E-state index in [1.807, 2.05) is 0 Å². The minimum atomic E-state index is -4.76. The monoisotopic (exact) mass is 193 g/mol. The molecule has 1 rings (SSSR count). The summed E-state index contributed by atoms with van der Waals surface area (Å²) in [5.41, 5.74) is 0. The number of nitrogens with zero attached hydrogens (tertiary/aromatic N) is 3. The highest BCUT2D eigenvalue weighted by atomic mass is 19.4. The number of nitro groups is 1. The Kier molecular flexibility index (Phi) is 2.13. The van der Waals surface area contributed by atoms with Gasteiger partial charge in [0.25, 0.3) is 0 Å². The van der Waals surface area contributed by atoms with Crippen LogP contribution in [0.25, 0.3) is 0 Å². The molecule has 0 radical (unpaired) electrons. The molecule has 70 valence electrons. The molecular formula is C5H2F3N3O2. The molecular weight excluding hydrogens is 191 g/mol. The smallest absolute Gasteiger partial charge is 0.358 e. The van der Waals surface area contributed by atoms with E-state index in [0.717, 1.165) is 6.07 Å². The molecule has 0 unspecified atom stereocenters. The van der Waals surface area contributed by atoms with Crippen LogP contribution in [0.4, 0.5) is 19.0 Å². The Morgan fingerprint density at radius 2 is 2.08 bits per heavy atom. The standard InChI is InChI=1S/C5H2F3N3O2/c6-5(7,8)4-9-2-1-3(10-4)11(12)13/h1-2H. The summed E-state index contributed by atoms with van der Waals surface area (Å²) >= 11 is 0. The van der Waals surface area contributed by atoms with Crippen LogP contribution in [0.1, 0.15) is 5.82 Å². The Morgan fingerprint density at radius 3 is 2.54 bits per heavy atom. The average Bonchev–Trinajstić information content (AvgIpc) is 2.03. The highest BCUT2D eigenvalue weighted by molar-refractivity contribution is 5.16. The van der Waals surface area contributed by atoms with Gasteiger partial charge in [-0.05, 0) is 9.91 Å². The van der Waals surface area contributed by atoms with E-state index in [4.69, 9.17) is 0 Å². The maximum atomic E-state index is 11.9. The molecule has 5 nitrogen and oxygen atoms in total. The van der Waals surface area contributed by atoms with Crippen molar-refractivity contribution >= 4 is 5.82 Å². The fourth-order valence-electron chi connectivity index (χ4n) is 0.587. The van der Waals surface area contributed by atoms with Gasteiger partial charge in [-0.2, -0.15) is 13.2 Å². The van der Waals surface area contributed by atoms with Gasteiger partial charge in [0.1, 0.15) is 0 Å². The predicted octanol–water partition coefficient (Wildman–Crippen LogP) is 1.40. The van der Waals surface area contributed by atoms with Crippen LogP contribution in [0.5, 0.6) is 0 Å². The second-order valence-corrected chi connectivity index (χ2v) is 1.99. The van der Waals surface area contributed by atoms with Gasteiger partial charge in [0.15, 0.2) is 0 Å². The van der Waals surface area contributed by atoms with Crippen molar-refractivity contribution in [1.82, 2.24) is 9.97 Å². The molecule has 0 saturated heterocycles. The number of halogens is 3. The van der Waals surface area contributed by atoms with E-state index in [9.17, 15) is 23.3 Å². The van der Waals surface area contributed by atoms with Crippen molar-refractivity contribution in [3.8, 4) is 0 Å². The Hall–Kier alpha value is -1.73. The lowest BCUT2D eigenvalue weighted by Crippen LogP contribution is -2.11. The van der Waals surface area contributed by atoms with Crippen molar-refractivity contribution < 1.29 is 18.1 Å². The fraction of sp³-hybridized carbons (Fsp3) is 0.200. The lowest BCUT2D eigenvalue weighted by atomic mass is 10.5. The maximum absolute atomic E-state index is 11.9. The molecule has 0 amide bonds. The number of rotatable bonds is 1. The normalized spacial score (nSPS) is 11.3. The second kappa shape index (κ2) is 2.96. The molecule has 0 fully saturated rings. The molecule has 0 saturated carbocycles. The predicted molar refractivity (Wildman–Crippen MR) is 33.7 cm³/mol. The van der Waals surface area contributed by atoms with Crippen LogP contribution >= 0.6 is 0 Å². The second-order valence-electron chi connectivity index (χ2n) is 1.99. The van der Waals surface area contributed by atoms with E-state index in [2.05, 4.69) is 9.97 Å². The summed E-state index contributed by atoms with van der Waals surface area (Å²) in [6, 6.07) is 0.787. The highest BCUT2D eigenvalue weighted by Crippen LogP contribution is 2.26. The molecule has 1 aromatic heterocycles. The zero-order valence-corrected chi connectivity index (χ0v) is 5.95. The molecule has 0 aromatic carbocycles. The van der Waals surface area contributed by atoms with Crippen molar-refractivity contribution in [1.29, 1.82) is 0 Å². The van der Waals surface area contributed by atoms with Crippen LogP contribution in [-0.2, 0) is 6.18 Å². The first-order chi connectivity index (χ1) is 5.91. The molecule has 0 aliphatic carbocycles. The number of hydrogen-bond acceptors (Lipinski definition) is 4. The minimum Gasteiger partial charge on any atom is -0.358 e. The quantitative estimate of drug-likeness (QED) is 0.499. The van der Waals surface area contributed by atoms with Crippen LogP contribution in [0.15, 0.2) is 12.3 Å². The molecule has 1 aromatic rings. The fourth-order valence-corrected chi connectivity index (χ4v) is 0.587. The van der Waals surface area contributed by atoms with Crippen LogP contribution in [0, 0.1) is 10.1 Å². The summed E-state index contributed by atoms with van der Waals surface area (Å²) in [6.45, 7) is 0. The van der Waals surface area contributed by atoms with E-state index in [0.29, 0.717) is 6.20 Å².